The smallest absolute Gasteiger partial charge is 0.389 e. The maximum atomic E-state index is 12.7. The standard InChI is InChI=1S/C20H20F3N5O5S3/c1-28(2)19(31)24-8-13-17(35-16(9-29)25-13)14-10-34-18(26-14)27-15(30)7-11-3-5-12(6-4-11)36(32,33)20(21,22)23/h3-6,10,29H,7-9H2,1-2H3,(H,24,31)(H,26,27,30). The molecular formula is C20H20F3N5O5S3. The SMILES string of the molecule is CN(C)C(=O)NCc1nc(CO)sc1-c1csc(NC(=O)Cc2ccc(S(=O)(=O)C(F)(F)F)cc2)n1. The first-order chi connectivity index (χ1) is 16.8. The van der Waals surface area contributed by atoms with Crippen LogP contribution >= 0.6 is 22.7 Å². The van der Waals surface area contributed by atoms with Gasteiger partial charge in [-0.1, -0.05) is 12.1 Å². The Morgan fingerprint density at radius 2 is 1.81 bits per heavy atom. The predicted octanol–water partition coefficient (Wildman–Crippen LogP) is 3.00. The fourth-order valence-electron chi connectivity index (χ4n) is 2.81. The molecule has 0 aliphatic heterocycles. The summed E-state index contributed by atoms with van der Waals surface area (Å²) in [5.74, 6) is -0.513. The molecule has 0 saturated carbocycles. The van der Waals surface area contributed by atoms with Crippen molar-refractivity contribution in [2.24, 2.45) is 0 Å². The second-order valence-corrected chi connectivity index (χ2v) is 11.3. The predicted molar refractivity (Wildman–Crippen MR) is 127 cm³/mol. The van der Waals surface area contributed by atoms with E-state index in [-0.39, 0.29) is 30.7 Å². The number of amides is 3. The lowest BCUT2D eigenvalue weighted by atomic mass is 10.1. The second kappa shape index (κ2) is 10.9. The molecule has 0 fully saturated rings. The molecule has 2 aromatic heterocycles. The number of nitrogens with zero attached hydrogens (tertiary/aromatic N) is 3. The fraction of sp³-hybridized carbons (Fsp3) is 0.300. The minimum absolute atomic E-state index is 0.0993. The van der Waals surface area contributed by atoms with Gasteiger partial charge in [0.05, 0.1) is 40.7 Å². The molecule has 10 nitrogen and oxygen atoms in total. The van der Waals surface area contributed by atoms with E-state index in [0.29, 0.717) is 26.8 Å². The zero-order chi connectivity index (χ0) is 26.7. The first-order valence-corrected chi connectivity index (χ1v) is 13.2. The van der Waals surface area contributed by atoms with Crippen LogP contribution in [-0.4, -0.2) is 59.9 Å². The summed E-state index contributed by atoms with van der Waals surface area (Å²) in [6.45, 7) is -0.196. The van der Waals surface area contributed by atoms with Gasteiger partial charge >= 0.3 is 11.5 Å². The monoisotopic (exact) mass is 563 g/mol. The van der Waals surface area contributed by atoms with Crippen molar-refractivity contribution in [2.75, 3.05) is 19.4 Å². The molecule has 16 heteroatoms. The maximum absolute atomic E-state index is 12.7. The Kier molecular flexibility index (Phi) is 8.33. The van der Waals surface area contributed by atoms with E-state index in [2.05, 4.69) is 20.6 Å². The van der Waals surface area contributed by atoms with Gasteiger partial charge in [-0.05, 0) is 17.7 Å². The third kappa shape index (κ3) is 6.37. The molecule has 0 saturated heterocycles. The number of aliphatic hydroxyl groups excluding tert-OH is 1. The number of sulfone groups is 1. The van der Waals surface area contributed by atoms with E-state index in [4.69, 9.17) is 0 Å². The highest BCUT2D eigenvalue weighted by atomic mass is 32.2. The Labute approximate surface area is 211 Å². The molecule has 0 unspecified atom stereocenters. The molecule has 0 bridgehead atoms. The summed E-state index contributed by atoms with van der Waals surface area (Å²) in [6.07, 6.45) is -0.224. The zero-order valence-corrected chi connectivity index (χ0v) is 21.2. The van der Waals surface area contributed by atoms with Crippen molar-refractivity contribution in [3.05, 3.63) is 45.9 Å². The van der Waals surface area contributed by atoms with E-state index in [1.807, 2.05) is 0 Å². The Bertz CT molecular complexity index is 1350. The first kappa shape index (κ1) is 27.5. The number of hydrogen-bond acceptors (Lipinski definition) is 9. The molecule has 2 heterocycles. The van der Waals surface area contributed by atoms with E-state index in [0.717, 1.165) is 35.6 Å². The molecule has 0 aliphatic carbocycles. The molecule has 0 aliphatic rings. The topological polar surface area (TPSA) is 142 Å². The van der Waals surface area contributed by atoms with Crippen molar-refractivity contribution >= 4 is 49.6 Å². The van der Waals surface area contributed by atoms with Gasteiger partial charge < -0.3 is 20.6 Å². The molecule has 194 valence electrons. The highest BCUT2D eigenvalue weighted by Gasteiger charge is 2.46. The van der Waals surface area contributed by atoms with Gasteiger partial charge in [0.1, 0.15) is 5.01 Å². The fourth-order valence-corrected chi connectivity index (χ4v) is 5.26. The highest BCUT2D eigenvalue weighted by molar-refractivity contribution is 7.92. The van der Waals surface area contributed by atoms with Gasteiger partial charge in [-0.25, -0.2) is 23.2 Å². The lowest BCUT2D eigenvalue weighted by molar-refractivity contribution is -0.115. The number of thiazole rings is 2. The minimum Gasteiger partial charge on any atom is -0.389 e. The number of alkyl halides is 3. The number of hydrogen-bond donors (Lipinski definition) is 3. The average molecular weight is 564 g/mol. The van der Waals surface area contributed by atoms with Gasteiger partial charge in [0.25, 0.3) is 9.84 Å². The van der Waals surface area contributed by atoms with Crippen LogP contribution < -0.4 is 10.6 Å². The van der Waals surface area contributed by atoms with Gasteiger partial charge in [0.2, 0.25) is 5.91 Å². The number of halogens is 3. The summed E-state index contributed by atoms with van der Waals surface area (Å²) in [5.41, 5.74) is -4.14. The lowest BCUT2D eigenvalue weighted by Gasteiger charge is -2.11. The number of benzene rings is 1. The number of urea groups is 1. The summed E-state index contributed by atoms with van der Waals surface area (Å²) in [6, 6.07) is 3.54. The Balaban J connectivity index is 1.68. The van der Waals surface area contributed by atoms with Crippen LogP contribution in [0.15, 0.2) is 34.5 Å². The number of anilines is 1. The van der Waals surface area contributed by atoms with Crippen molar-refractivity contribution in [1.82, 2.24) is 20.2 Å². The van der Waals surface area contributed by atoms with E-state index < -0.39 is 26.1 Å². The van der Waals surface area contributed by atoms with Crippen molar-refractivity contribution in [3.8, 4) is 10.6 Å². The van der Waals surface area contributed by atoms with Crippen LogP contribution in [0.25, 0.3) is 10.6 Å². The number of carbonyl (C=O) groups is 2. The lowest BCUT2D eigenvalue weighted by Crippen LogP contribution is -2.34. The van der Waals surface area contributed by atoms with E-state index in [1.54, 1.807) is 19.5 Å². The average Bonchev–Trinajstić information content (AvgIpc) is 3.43. The van der Waals surface area contributed by atoms with Crippen LogP contribution in [0, 0.1) is 0 Å². The highest BCUT2D eigenvalue weighted by Crippen LogP contribution is 2.33. The third-order valence-corrected chi connectivity index (χ3v) is 7.94. The van der Waals surface area contributed by atoms with Gasteiger partial charge in [0.15, 0.2) is 5.13 Å². The first-order valence-electron chi connectivity index (χ1n) is 10.0. The molecule has 0 atom stereocenters. The molecule has 3 N–H and O–H groups in total. The maximum Gasteiger partial charge on any atom is 0.501 e. The molecule has 36 heavy (non-hydrogen) atoms. The van der Waals surface area contributed by atoms with Crippen LogP contribution in [0.1, 0.15) is 16.3 Å². The van der Waals surface area contributed by atoms with Gasteiger partial charge in [-0.15, -0.1) is 22.7 Å². The Morgan fingerprint density at radius 3 is 2.39 bits per heavy atom. The van der Waals surface area contributed by atoms with E-state index in [1.165, 1.54) is 16.2 Å². The number of aliphatic hydroxyl groups is 1. The molecule has 3 aromatic rings. The number of aromatic nitrogens is 2. The van der Waals surface area contributed by atoms with E-state index in [9.17, 15) is 36.3 Å². The Morgan fingerprint density at radius 1 is 1.14 bits per heavy atom. The molecular weight excluding hydrogens is 543 g/mol. The van der Waals surface area contributed by atoms with Crippen molar-refractivity contribution in [1.29, 1.82) is 0 Å². The largest absolute Gasteiger partial charge is 0.501 e. The molecule has 0 spiro atoms. The second-order valence-electron chi connectivity index (χ2n) is 7.45. The van der Waals surface area contributed by atoms with Crippen LogP contribution in [0.3, 0.4) is 0 Å². The normalized spacial score (nSPS) is 11.8. The summed E-state index contributed by atoms with van der Waals surface area (Å²) >= 11 is 2.31. The van der Waals surface area contributed by atoms with Gasteiger partial charge in [-0.3, -0.25) is 4.79 Å². The number of rotatable bonds is 8. The van der Waals surface area contributed by atoms with Gasteiger partial charge in [0, 0.05) is 19.5 Å². The third-order valence-electron chi connectivity index (χ3n) is 4.58. The van der Waals surface area contributed by atoms with Gasteiger partial charge in [-0.2, -0.15) is 13.2 Å². The summed E-state index contributed by atoms with van der Waals surface area (Å²) in [7, 11) is -2.29. The summed E-state index contributed by atoms with van der Waals surface area (Å²) in [5, 5.41) is 17.0. The quantitative estimate of drug-likeness (QED) is 0.383. The molecule has 3 rings (SSSR count). The van der Waals surface area contributed by atoms with Crippen LogP contribution in [-0.2, 0) is 34.2 Å². The zero-order valence-electron chi connectivity index (χ0n) is 18.8. The van der Waals surface area contributed by atoms with Crippen molar-refractivity contribution < 1.29 is 36.3 Å². The van der Waals surface area contributed by atoms with Crippen molar-refractivity contribution in [2.45, 2.75) is 30.0 Å². The summed E-state index contributed by atoms with van der Waals surface area (Å²) < 4.78 is 60.9. The minimum atomic E-state index is -5.47. The Hall–Kier alpha value is -3.08. The van der Waals surface area contributed by atoms with Crippen LogP contribution in [0.4, 0.5) is 23.1 Å². The molecule has 0 radical (unpaired) electrons. The molecule has 1 aromatic carbocycles. The molecule has 3 amide bonds. The van der Waals surface area contributed by atoms with Crippen molar-refractivity contribution in [3.63, 3.8) is 0 Å². The summed E-state index contributed by atoms with van der Waals surface area (Å²) in [4.78, 5) is 33.9. The van der Waals surface area contributed by atoms with Crippen LogP contribution in [0.2, 0.25) is 0 Å². The number of nitrogens with one attached hydrogen (secondary N) is 2. The number of carbonyl (C=O) groups excluding carboxylic acids is 2. The van der Waals surface area contributed by atoms with E-state index >= 15 is 0 Å². The van der Waals surface area contributed by atoms with Crippen LogP contribution in [0.5, 0.6) is 0 Å².